The zero-order valence-electron chi connectivity index (χ0n) is 6.58. The molecule has 0 aromatic rings. The average Bonchev–Trinajstić information content (AvgIpc) is 2.49. The number of carbonyl (C=O) groups excluding carboxylic acids is 2. The summed E-state index contributed by atoms with van der Waals surface area (Å²) in [6, 6.07) is 0. The van der Waals surface area contributed by atoms with Crippen molar-refractivity contribution < 1.29 is 14.3 Å². The van der Waals surface area contributed by atoms with Crippen molar-refractivity contribution in [1.82, 2.24) is 4.90 Å². The fourth-order valence-corrected chi connectivity index (χ4v) is 1.64. The summed E-state index contributed by atoms with van der Waals surface area (Å²) < 4.78 is 4.85. The largest absolute Gasteiger partial charge is 0.462 e. The lowest BCUT2D eigenvalue weighted by Crippen LogP contribution is -2.22. The maximum Gasteiger partial charge on any atom is 0.335 e. The van der Waals surface area contributed by atoms with Gasteiger partial charge in [0, 0.05) is 18.7 Å². The Morgan fingerprint density at radius 2 is 2.25 bits per heavy atom. The first-order valence-electron chi connectivity index (χ1n) is 3.94. The van der Waals surface area contributed by atoms with Gasteiger partial charge in [-0.3, -0.25) is 4.79 Å². The summed E-state index contributed by atoms with van der Waals surface area (Å²) in [7, 11) is 0. The normalized spacial score (nSPS) is 22.3. The molecule has 0 aromatic carbocycles. The predicted octanol–water partition coefficient (Wildman–Crippen LogP) is 0.0495. The van der Waals surface area contributed by atoms with Crippen molar-refractivity contribution in [3.8, 4) is 0 Å². The Morgan fingerprint density at radius 3 is 3.00 bits per heavy atom. The molecule has 0 fully saturated rings. The van der Waals surface area contributed by atoms with E-state index in [4.69, 9.17) is 4.74 Å². The molecule has 12 heavy (non-hydrogen) atoms. The van der Waals surface area contributed by atoms with Crippen molar-refractivity contribution in [3.63, 3.8) is 0 Å². The van der Waals surface area contributed by atoms with Gasteiger partial charge < -0.3 is 9.64 Å². The first-order valence-corrected chi connectivity index (χ1v) is 3.94. The van der Waals surface area contributed by atoms with E-state index in [2.05, 4.69) is 0 Å². The maximum absolute atomic E-state index is 11.1. The lowest BCUT2D eigenvalue weighted by atomic mass is 10.1. The molecule has 0 radical (unpaired) electrons. The summed E-state index contributed by atoms with van der Waals surface area (Å²) in [6.07, 6.45) is 2.10. The van der Waals surface area contributed by atoms with Gasteiger partial charge >= 0.3 is 5.97 Å². The van der Waals surface area contributed by atoms with Crippen molar-refractivity contribution >= 4 is 12.4 Å². The average molecular weight is 167 g/mol. The number of rotatable bonds is 1. The Kier molecular flexibility index (Phi) is 1.60. The maximum atomic E-state index is 11.1. The predicted molar refractivity (Wildman–Crippen MR) is 40.0 cm³/mol. The van der Waals surface area contributed by atoms with E-state index in [9.17, 15) is 9.59 Å². The van der Waals surface area contributed by atoms with Crippen LogP contribution in [-0.2, 0) is 14.3 Å². The van der Waals surface area contributed by atoms with Gasteiger partial charge in [0.15, 0.2) is 0 Å². The van der Waals surface area contributed by atoms with E-state index in [0.717, 1.165) is 12.1 Å². The van der Waals surface area contributed by atoms with Crippen LogP contribution in [0, 0.1) is 0 Å². The third-order valence-corrected chi connectivity index (χ3v) is 2.24. The summed E-state index contributed by atoms with van der Waals surface area (Å²) in [5.74, 6) is -0.249. The van der Waals surface area contributed by atoms with Crippen LogP contribution in [0.15, 0.2) is 11.3 Å². The van der Waals surface area contributed by atoms with Crippen molar-refractivity contribution in [2.45, 2.75) is 12.8 Å². The molecule has 0 unspecified atom stereocenters. The number of amides is 1. The van der Waals surface area contributed by atoms with Gasteiger partial charge in [-0.1, -0.05) is 0 Å². The molecule has 0 saturated carbocycles. The van der Waals surface area contributed by atoms with Crippen LogP contribution in [0.3, 0.4) is 0 Å². The molecule has 0 aliphatic carbocycles. The van der Waals surface area contributed by atoms with Crippen molar-refractivity contribution in [3.05, 3.63) is 11.3 Å². The quantitative estimate of drug-likeness (QED) is 0.409. The van der Waals surface area contributed by atoms with Crippen LogP contribution in [0.1, 0.15) is 12.8 Å². The highest BCUT2D eigenvalue weighted by Gasteiger charge is 2.30. The van der Waals surface area contributed by atoms with Gasteiger partial charge in [-0.2, -0.15) is 0 Å². The second kappa shape index (κ2) is 2.62. The second-order valence-electron chi connectivity index (χ2n) is 2.86. The Bertz CT molecular complexity index is 269. The summed E-state index contributed by atoms with van der Waals surface area (Å²) >= 11 is 0. The first kappa shape index (κ1) is 7.34. The molecule has 0 spiro atoms. The molecule has 2 rings (SSSR count). The smallest absolute Gasteiger partial charge is 0.335 e. The Labute approximate surface area is 69.8 Å². The molecular formula is C8H9NO3. The first-order chi connectivity index (χ1) is 5.83. The minimum absolute atomic E-state index is 0.249. The molecule has 2 aliphatic heterocycles. The number of carbonyl (C=O) groups is 2. The van der Waals surface area contributed by atoms with Gasteiger partial charge in [-0.05, 0) is 6.42 Å². The third kappa shape index (κ3) is 0.913. The molecule has 0 aromatic heterocycles. The minimum atomic E-state index is -0.249. The Balaban J connectivity index is 2.32. The molecule has 0 N–H and O–H groups in total. The number of cyclic esters (lactones) is 1. The zero-order valence-corrected chi connectivity index (χ0v) is 6.58. The number of nitrogens with zero attached hydrogens (tertiary/aromatic N) is 1. The van der Waals surface area contributed by atoms with Gasteiger partial charge in [-0.25, -0.2) is 4.79 Å². The number of hydrogen-bond acceptors (Lipinski definition) is 3. The number of hydrogen-bond donors (Lipinski definition) is 0. The molecular weight excluding hydrogens is 158 g/mol. The van der Waals surface area contributed by atoms with Gasteiger partial charge in [0.2, 0.25) is 6.41 Å². The summed E-state index contributed by atoms with van der Waals surface area (Å²) in [5, 5.41) is 0. The molecule has 4 nitrogen and oxygen atoms in total. The third-order valence-electron chi connectivity index (χ3n) is 2.24. The van der Waals surface area contributed by atoms with Crippen LogP contribution in [-0.4, -0.2) is 30.4 Å². The fourth-order valence-electron chi connectivity index (χ4n) is 1.64. The van der Waals surface area contributed by atoms with Crippen molar-refractivity contribution in [2.75, 3.05) is 13.2 Å². The highest BCUT2D eigenvalue weighted by Crippen LogP contribution is 2.28. The topological polar surface area (TPSA) is 46.6 Å². The molecule has 64 valence electrons. The molecule has 0 saturated heterocycles. The lowest BCUT2D eigenvalue weighted by molar-refractivity contribution is -0.140. The van der Waals surface area contributed by atoms with E-state index in [0.29, 0.717) is 31.6 Å². The summed E-state index contributed by atoms with van der Waals surface area (Å²) in [6.45, 7) is 1.03. The van der Waals surface area contributed by atoms with Crippen LogP contribution in [0.5, 0.6) is 0 Å². The lowest BCUT2D eigenvalue weighted by Gasteiger charge is -2.18. The second-order valence-corrected chi connectivity index (χ2v) is 2.86. The number of esters is 1. The van der Waals surface area contributed by atoms with E-state index < -0.39 is 0 Å². The molecule has 0 bridgehead atoms. The van der Waals surface area contributed by atoms with Gasteiger partial charge in [-0.15, -0.1) is 0 Å². The van der Waals surface area contributed by atoms with E-state index in [1.54, 1.807) is 4.90 Å². The molecule has 2 heterocycles. The Hall–Kier alpha value is -1.32. The standard InChI is InChI=1S/C8H9NO3/c10-5-9-3-1-6-7(9)2-4-12-8(6)11/h5H,1-4H2. The minimum Gasteiger partial charge on any atom is -0.462 e. The molecule has 4 heteroatoms. The monoisotopic (exact) mass is 167 g/mol. The van der Waals surface area contributed by atoms with Crippen LogP contribution >= 0.6 is 0 Å². The van der Waals surface area contributed by atoms with Crippen LogP contribution in [0.25, 0.3) is 0 Å². The van der Waals surface area contributed by atoms with E-state index in [-0.39, 0.29) is 5.97 Å². The SMILES string of the molecule is O=CN1CCC2=C1CCOC2=O. The Morgan fingerprint density at radius 1 is 1.42 bits per heavy atom. The fraction of sp³-hybridized carbons (Fsp3) is 0.500. The number of ether oxygens (including phenoxy) is 1. The highest BCUT2D eigenvalue weighted by atomic mass is 16.5. The van der Waals surface area contributed by atoms with E-state index in [1.165, 1.54) is 0 Å². The van der Waals surface area contributed by atoms with Crippen LogP contribution in [0.2, 0.25) is 0 Å². The van der Waals surface area contributed by atoms with Crippen molar-refractivity contribution in [2.24, 2.45) is 0 Å². The van der Waals surface area contributed by atoms with E-state index >= 15 is 0 Å². The van der Waals surface area contributed by atoms with E-state index in [1.807, 2.05) is 0 Å². The van der Waals surface area contributed by atoms with Gasteiger partial charge in [0.25, 0.3) is 0 Å². The summed E-state index contributed by atoms with van der Waals surface area (Å²) in [4.78, 5) is 23.2. The van der Waals surface area contributed by atoms with Crippen molar-refractivity contribution in [1.29, 1.82) is 0 Å². The van der Waals surface area contributed by atoms with Crippen LogP contribution in [0.4, 0.5) is 0 Å². The zero-order chi connectivity index (χ0) is 8.55. The molecule has 2 aliphatic rings. The van der Waals surface area contributed by atoms with Gasteiger partial charge in [0.1, 0.15) is 0 Å². The molecule has 1 amide bonds. The van der Waals surface area contributed by atoms with Crippen LogP contribution < -0.4 is 0 Å². The van der Waals surface area contributed by atoms with Gasteiger partial charge in [0.05, 0.1) is 12.2 Å². The molecule has 0 atom stereocenters. The highest BCUT2D eigenvalue weighted by molar-refractivity contribution is 5.91. The summed E-state index contributed by atoms with van der Waals surface area (Å²) in [5.41, 5.74) is 1.55.